The number of hydrogen-bond acceptors (Lipinski definition) is 5. The van der Waals surface area contributed by atoms with E-state index in [4.69, 9.17) is 4.74 Å². The minimum atomic E-state index is -0.316. The van der Waals surface area contributed by atoms with Crippen LogP contribution in [0.5, 0.6) is 0 Å². The van der Waals surface area contributed by atoms with Crippen molar-refractivity contribution >= 4 is 17.8 Å². The fourth-order valence-electron chi connectivity index (χ4n) is 1.92. The van der Waals surface area contributed by atoms with Crippen LogP contribution in [0.15, 0.2) is 12.7 Å². The fourth-order valence-corrected chi connectivity index (χ4v) is 1.92. The first kappa shape index (κ1) is 15.4. The van der Waals surface area contributed by atoms with Gasteiger partial charge in [0.05, 0.1) is 13.2 Å². The predicted octanol–water partition coefficient (Wildman–Crippen LogP) is 0.187. The molecule has 0 aromatic carbocycles. The molecule has 0 radical (unpaired) electrons. The van der Waals surface area contributed by atoms with E-state index in [9.17, 15) is 14.4 Å². The molecule has 0 aliphatic carbocycles. The number of likely N-dealkylation sites (tertiary alicyclic amines) is 1. The SMILES string of the molecule is C=CCN(CCN1C(=O)CCC1=O)CC(=O)OCC. The molecule has 6 nitrogen and oxygen atoms in total. The van der Waals surface area contributed by atoms with E-state index in [0.717, 1.165) is 0 Å². The monoisotopic (exact) mass is 268 g/mol. The highest BCUT2D eigenvalue weighted by Crippen LogP contribution is 2.11. The van der Waals surface area contributed by atoms with Gasteiger partial charge in [0.2, 0.25) is 11.8 Å². The van der Waals surface area contributed by atoms with Crippen molar-refractivity contribution in [2.45, 2.75) is 19.8 Å². The zero-order chi connectivity index (χ0) is 14.3. The average Bonchev–Trinajstić information content (AvgIpc) is 2.67. The third-order valence-electron chi connectivity index (χ3n) is 2.84. The Morgan fingerprint density at radius 2 is 2.05 bits per heavy atom. The summed E-state index contributed by atoms with van der Waals surface area (Å²) in [5, 5.41) is 0. The lowest BCUT2D eigenvalue weighted by Gasteiger charge is -2.22. The number of esters is 1. The summed E-state index contributed by atoms with van der Waals surface area (Å²) in [5.41, 5.74) is 0. The number of rotatable bonds is 8. The highest BCUT2D eigenvalue weighted by atomic mass is 16.5. The van der Waals surface area contributed by atoms with E-state index in [0.29, 0.717) is 26.2 Å². The lowest BCUT2D eigenvalue weighted by Crippen LogP contribution is -2.40. The van der Waals surface area contributed by atoms with Crippen LogP contribution in [0.1, 0.15) is 19.8 Å². The zero-order valence-electron chi connectivity index (χ0n) is 11.3. The zero-order valence-corrected chi connectivity index (χ0v) is 11.3. The van der Waals surface area contributed by atoms with Crippen molar-refractivity contribution in [3.05, 3.63) is 12.7 Å². The first-order valence-electron chi connectivity index (χ1n) is 6.40. The third kappa shape index (κ3) is 4.82. The maximum Gasteiger partial charge on any atom is 0.320 e. The van der Waals surface area contributed by atoms with E-state index in [1.54, 1.807) is 17.9 Å². The van der Waals surface area contributed by atoms with E-state index in [2.05, 4.69) is 6.58 Å². The first-order chi connectivity index (χ1) is 9.08. The normalized spacial score (nSPS) is 15.2. The van der Waals surface area contributed by atoms with Gasteiger partial charge in [-0.05, 0) is 6.92 Å². The Kier molecular flexibility index (Phi) is 6.21. The Hall–Kier alpha value is -1.69. The van der Waals surface area contributed by atoms with Gasteiger partial charge in [-0.25, -0.2) is 0 Å². The molecule has 0 saturated carbocycles. The smallest absolute Gasteiger partial charge is 0.320 e. The minimum absolute atomic E-state index is 0.135. The number of carbonyl (C=O) groups is 3. The first-order valence-corrected chi connectivity index (χ1v) is 6.40. The lowest BCUT2D eigenvalue weighted by molar-refractivity contribution is -0.144. The molecule has 1 rings (SSSR count). The summed E-state index contributed by atoms with van der Waals surface area (Å²) in [5.74, 6) is -0.595. The van der Waals surface area contributed by atoms with Gasteiger partial charge in [0.1, 0.15) is 0 Å². The van der Waals surface area contributed by atoms with Gasteiger partial charge >= 0.3 is 5.97 Å². The lowest BCUT2D eigenvalue weighted by atomic mass is 10.4. The van der Waals surface area contributed by atoms with E-state index < -0.39 is 0 Å². The van der Waals surface area contributed by atoms with Crippen molar-refractivity contribution in [2.24, 2.45) is 0 Å². The van der Waals surface area contributed by atoms with E-state index >= 15 is 0 Å². The van der Waals surface area contributed by atoms with Crippen molar-refractivity contribution in [2.75, 3.05) is 32.8 Å². The summed E-state index contributed by atoms with van der Waals surface area (Å²) in [6.07, 6.45) is 2.25. The molecule has 0 unspecified atom stereocenters. The number of nitrogens with zero attached hydrogens (tertiary/aromatic N) is 2. The highest BCUT2D eigenvalue weighted by molar-refractivity contribution is 6.01. The number of imide groups is 1. The molecule has 106 valence electrons. The second kappa shape index (κ2) is 7.68. The number of amides is 2. The maximum absolute atomic E-state index is 11.5. The Morgan fingerprint density at radius 1 is 1.42 bits per heavy atom. The Morgan fingerprint density at radius 3 is 2.58 bits per heavy atom. The van der Waals surface area contributed by atoms with Gasteiger partial charge in [0.25, 0.3) is 0 Å². The summed E-state index contributed by atoms with van der Waals surface area (Å²) < 4.78 is 4.87. The van der Waals surface area contributed by atoms with Crippen LogP contribution in [0.25, 0.3) is 0 Å². The molecule has 1 aliphatic rings. The van der Waals surface area contributed by atoms with Gasteiger partial charge < -0.3 is 4.74 Å². The molecule has 1 saturated heterocycles. The predicted molar refractivity (Wildman–Crippen MR) is 69.2 cm³/mol. The van der Waals surface area contributed by atoms with Crippen LogP contribution in [-0.4, -0.2) is 60.4 Å². The van der Waals surface area contributed by atoms with Gasteiger partial charge in [-0.15, -0.1) is 6.58 Å². The van der Waals surface area contributed by atoms with Gasteiger partial charge in [0.15, 0.2) is 0 Å². The summed E-state index contributed by atoms with van der Waals surface area (Å²) in [6.45, 7) is 7.11. The average molecular weight is 268 g/mol. The second-order valence-electron chi connectivity index (χ2n) is 4.27. The van der Waals surface area contributed by atoms with Crippen LogP contribution in [0.2, 0.25) is 0 Å². The van der Waals surface area contributed by atoms with Gasteiger partial charge in [-0.2, -0.15) is 0 Å². The number of carbonyl (C=O) groups excluding carboxylic acids is 3. The molecule has 0 aromatic heterocycles. The standard InChI is InChI=1S/C13H20N2O4/c1-3-7-14(10-13(18)19-4-2)8-9-15-11(16)5-6-12(15)17/h3H,1,4-10H2,2H3. The highest BCUT2D eigenvalue weighted by Gasteiger charge is 2.28. The van der Waals surface area contributed by atoms with E-state index in [1.165, 1.54) is 4.90 Å². The van der Waals surface area contributed by atoms with Crippen LogP contribution in [0.4, 0.5) is 0 Å². The molecule has 6 heteroatoms. The summed E-state index contributed by atoms with van der Waals surface area (Å²) in [7, 11) is 0. The van der Waals surface area contributed by atoms with Crippen LogP contribution in [0.3, 0.4) is 0 Å². The largest absolute Gasteiger partial charge is 0.465 e. The molecule has 0 spiro atoms. The molecule has 0 bridgehead atoms. The Labute approximate surface area is 113 Å². The molecular formula is C13H20N2O4. The van der Waals surface area contributed by atoms with Gasteiger partial charge in [-0.3, -0.25) is 24.2 Å². The van der Waals surface area contributed by atoms with Gasteiger partial charge in [0, 0.05) is 32.5 Å². The van der Waals surface area contributed by atoms with Crippen molar-refractivity contribution in [3.63, 3.8) is 0 Å². The Balaban J connectivity index is 2.44. The van der Waals surface area contributed by atoms with E-state index in [1.807, 2.05) is 0 Å². The minimum Gasteiger partial charge on any atom is -0.465 e. The van der Waals surface area contributed by atoms with Crippen LogP contribution in [-0.2, 0) is 19.1 Å². The van der Waals surface area contributed by atoms with Crippen molar-refractivity contribution in [1.29, 1.82) is 0 Å². The van der Waals surface area contributed by atoms with Crippen LogP contribution < -0.4 is 0 Å². The molecule has 19 heavy (non-hydrogen) atoms. The fraction of sp³-hybridized carbons (Fsp3) is 0.615. The molecular weight excluding hydrogens is 248 g/mol. The van der Waals surface area contributed by atoms with Crippen LogP contribution in [0, 0.1) is 0 Å². The summed E-state index contributed by atoms with van der Waals surface area (Å²) in [4.78, 5) is 37.4. The number of hydrogen-bond donors (Lipinski definition) is 0. The van der Waals surface area contributed by atoms with E-state index in [-0.39, 0.29) is 37.2 Å². The molecule has 0 atom stereocenters. The number of ether oxygens (including phenoxy) is 1. The van der Waals surface area contributed by atoms with Crippen LogP contribution >= 0.6 is 0 Å². The molecule has 1 heterocycles. The van der Waals surface area contributed by atoms with Crippen molar-refractivity contribution in [1.82, 2.24) is 9.80 Å². The molecule has 0 aromatic rings. The second-order valence-corrected chi connectivity index (χ2v) is 4.27. The quantitative estimate of drug-likeness (QED) is 0.357. The molecule has 1 fully saturated rings. The molecule has 0 N–H and O–H groups in total. The van der Waals surface area contributed by atoms with Crippen molar-refractivity contribution < 1.29 is 19.1 Å². The molecule has 2 amide bonds. The third-order valence-corrected chi connectivity index (χ3v) is 2.84. The van der Waals surface area contributed by atoms with Crippen molar-refractivity contribution in [3.8, 4) is 0 Å². The summed E-state index contributed by atoms with van der Waals surface area (Å²) >= 11 is 0. The maximum atomic E-state index is 11.5. The molecule has 1 aliphatic heterocycles. The topological polar surface area (TPSA) is 66.9 Å². The van der Waals surface area contributed by atoms with Gasteiger partial charge in [-0.1, -0.05) is 6.08 Å². The Bertz CT molecular complexity index is 352. The summed E-state index contributed by atoms with van der Waals surface area (Å²) in [6, 6.07) is 0.